The zero-order valence-electron chi connectivity index (χ0n) is 11.2. The van der Waals surface area contributed by atoms with Crippen LogP contribution in [0.25, 0.3) is 0 Å². The Labute approximate surface area is 113 Å². The quantitative estimate of drug-likeness (QED) is 0.902. The van der Waals surface area contributed by atoms with E-state index in [1.165, 1.54) is 6.20 Å². The van der Waals surface area contributed by atoms with Crippen LogP contribution in [0.15, 0.2) is 29.4 Å². The molecule has 2 aromatic rings. The predicted octanol–water partition coefficient (Wildman–Crippen LogP) is 2.39. The van der Waals surface area contributed by atoms with E-state index in [2.05, 4.69) is 14.7 Å². The average Bonchev–Trinajstić information content (AvgIpc) is 2.83. The SMILES string of the molecule is CCc1ncc(S(=O)(=O)Nc2ccc(C)c(C)c2)[nH]1. The molecule has 0 atom stereocenters. The molecule has 0 aliphatic carbocycles. The Morgan fingerprint density at radius 1 is 1.26 bits per heavy atom. The Hall–Kier alpha value is -1.82. The van der Waals surface area contributed by atoms with E-state index in [0.29, 0.717) is 17.9 Å². The van der Waals surface area contributed by atoms with Gasteiger partial charge in [-0.15, -0.1) is 0 Å². The van der Waals surface area contributed by atoms with Crippen molar-refractivity contribution in [2.24, 2.45) is 0 Å². The molecule has 19 heavy (non-hydrogen) atoms. The Morgan fingerprint density at radius 2 is 2.00 bits per heavy atom. The van der Waals surface area contributed by atoms with Gasteiger partial charge >= 0.3 is 0 Å². The molecule has 0 spiro atoms. The summed E-state index contributed by atoms with van der Waals surface area (Å²) < 4.78 is 26.8. The third-order valence-corrected chi connectivity index (χ3v) is 4.28. The molecule has 2 rings (SSSR count). The summed E-state index contributed by atoms with van der Waals surface area (Å²) in [4.78, 5) is 6.79. The van der Waals surface area contributed by atoms with Crippen molar-refractivity contribution in [3.8, 4) is 0 Å². The van der Waals surface area contributed by atoms with Crippen molar-refractivity contribution in [3.05, 3.63) is 41.3 Å². The Kier molecular flexibility index (Phi) is 3.61. The lowest BCUT2D eigenvalue weighted by Gasteiger charge is -2.08. The van der Waals surface area contributed by atoms with Crippen LogP contribution in [0, 0.1) is 13.8 Å². The highest BCUT2D eigenvalue weighted by atomic mass is 32.2. The molecular weight excluding hydrogens is 262 g/mol. The average molecular weight is 279 g/mol. The van der Waals surface area contributed by atoms with Crippen LogP contribution in [0.3, 0.4) is 0 Å². The van der Waals surface area contributed by atoms with Crippen LogP contribution in [0.4, 0.5) is 5.69 Å². The number of H-pyrrole nitrogens is 1. The van der Waals surface area contributed by atoms with Gasteiger partial charge in [0, 0.05) is 12.1 Å². The van der Waals surface area contributed by atoms with Gasteiger partial charge in [0.05, 0.1) is 6.20 Å². The molecule has 0 radical (unpaired) electrons. The van der Waals surface area contributed by atoms with Gasteiger partial charge in [0.1, 0.15) is 5.82 Å². The number of imidazole rings is 1. The van der Waals surface area contributed by atoms with E-state index in [1.807, 2.05) is 32.9 Å². The molecule has 0 amide bonds. The fraction of sp³-hybridized carbons (Fsp3) is 0.308. The van der Waals surface area contributed by atoms with Crippen molar-refractivity contribution in [3.63, 3.8) is 0 Å². The molecule has 0 aliphatic rings. The minimum Gasteiger partial charge on any atom is -0.332 e. The van der Waals surface area contributed by atoms with E-state index >= 15 is 0 Å². The molecule has 0 bridgehead atoms. The van der Waals surface area contributed by atoms with Crippen molar-refractivity contribution >= 4 is 15.7 Å². The number of aromatic amines is 1. The molecule has 102 valence electrons. The molecule has 0 saturated heterocycles. The minimum absolute atomic E-state index is 0.0857. The predicted molar refractivity (Wildman–Crippen MR) is 74.7 cm³/mol. The molecule has 1 aromatic carbocycles. The van der Waals surface area contributed by atoms with E-state index in [9.17, 15) is 8.42 Å². The molecule has 1 heterocycles. The standard InChI is InChI=1S/C13H17N3O2S/c1-4-12-14-8-13(15-12)19(17,18)16-11-6-5-9(2)10(3)7-11/h5-8,16H,4H2,1-3H3,(H,14,15). The lowest BCUT2D eigenvalue weighted by Crippen LogP contribution is -2.13. The first-order chi connectivity index (χ1) is 8.92. The number of nitrogens with zero attached hydrogens (tertiary/aromatic N) is 1. The molecule has 1 aromatic heterocycles. The van der Waals surface area contributed by atoms with Crippen molar-refractivity contribution in [2.45, 2.75) is 32.2 Å². The number of aromatic nitrogens is 2. The van der Waals surface area contributed by atoms with Crippen molar-refractivity contribution in [1.82, 2.24) is 9.97 Å². The lowest BCUT2D eigenvalue weighted by atomic mass is 10.1. The van der Waals surface area contributed by atoms with Gasteiger partial charge in [0.2, 0.25) is 0 Å². The minimum atomic E-state index is -3.60. The molecule has 5 nitrogen and oxygen atoms in total. The normalized spacial score (nSPS) is 11.5. The van der Waals surface area contributed by atoms with Crippen LogP contribution in [0.2, 0.25) is 0 Å². The fourth-order valence-corrected chi connectivity index (χ4v) is 2.67. The maximum absolute atomic E-state index is 12.1. The Morgan fingerprint density at radius 3 is 2.58 bits per heavy atom. The number of aryl methyl sites for hydroxylation is 3. The summed E-state index contributed by atoms with van der Waals surface area (Å²) in [5.41, 5.74) is 2.72. The molecule has 0 unspecified atom stereocenters. The number of rotatable bonds is 4. The summed E-state index contributed by atoms with van der Waals surface area (Å²) in [7, 11) is -3.60. The Balaban J connectivity index is 2.28. The van der Waals surface area contributed by atoms with Gasteiger partial charge < -0.3 is 4.98 Å². The second-order valence-corrected chi connectivity index (χ2v) is 6.10. The number of anilines is 1. The number of hydrogen-bond donors (Lipinski definition) is 2. The largest absolute Gasteiger partial charge is 0.332 e. The number of nitrogens with one attached hydrogen (secondary N) is 2. The summed E-state index contributed by atoms with van der Waals surface area (Å²) in [6.07, 6.45) is 2.00. The van der Waals surface area contributed by atoms with E-state index in [-0.39, 0.29) is 5.03 Å². The maximum atomic E-state index is 12.1. The highest BCUT2D eigenvalue weighted by molar-refractivity contribution is 7.92. The van der Waals surface area contributed by atoms with E-state index < -0.39 is 10.0 Å². The summed E-state index contributed by atoms with van der Waals surface area (Å²) in [5, 5.41) is 0.0857. The topological polar surface area (TPSA) is 74.8 Å². The van der Waals surface area contributed by atoms with Crippen LogP contribution in [-0.2, 0) is 16.4 Å². The van der Waals surface area contributed by atoms with E-state index in [4.69, 9.17) is 0 Å². The smallest absolute Gasteiger partial charge is 0.278 e. The summed E-state index contributed by atoms with van der Waals surface area (Å²) in [6, 6.07) is 5.44. The highest BCUT2D eigenvalue weighted by Gasteiger charge is 2.17. The molecule has 6 heteroatoms. The third-order valence-electron chi connectivity index (χ3n) is 2.99. The molecular formula is C13H17N3O2S. The summed E-state index contributed by atoms with van der Waals surface area (Å²) in [6.45, 7) is 5.83. The van der Waals surface area contributed by atoms with Gasteiger partial charge in [-0.1, -0.05) is 13.0 Å². The molecule has 0 fully saturated rings. The van der Waals surface area contributed by atoms with Gasteiger partial charge in [-0.05, 0) is 37.1 Å². The second kappa shape index (κ2) is 5.05. The van der Waals surface area contributed by atoms with Crippen LogP contribution in [0.1, 0.15) is 23.9 Å². The monoisotopic (exact) mass is 279 g/mol. The highest BCUT2D eigenvalue weighted by Crippen LogP contribution is 2.18. The van der Waals surface area contributed by atoms with Gasteiger partial charge in [0.15, 0.2) is 5.03 Å². The third kappa shape index (κ3) is 2.96. The second-order valence-electron chi connectivity index (χ2n) is 4.45. The van der Waals surface area contributed by atoms with Crippen LogP contribution in [-0.4, -0.2) is 18.4 Å². The number of hydrogen-bond acceptors (Lipinski definition) is 3. The first kappa shape index (κ1) is 13.6. The lowest BCUT2D eigenvalue weighted by molar-refractivity contribution is 0.598. The van der Waals surface area contributed by atoms with Crippen molar-refractivity contribution < 1.29 is 8.42 Å². The number of sulfonamides is 1. The van der Waals surface area contributed by atoms with Crippen molar-refractivity contribution in [1.29, 1.82) is 0 Å². The molecule has 0 aliphatic heterocycles. The van der Waals surface area contributed by atoms with Crippen LogP contribution in [0.5, 0.6) is 0 Å². The zero-order valence-corrected chi connectivity index (χ0v) is 12.0. The van der Waals surface area contributed by atoms with Gasteiger partial charge in [-0.3, -0.25) is 4.72 Å². The summed E-state index contributed by atoms with van der Waals surface area (Å²) in [5.74, 6) is 0.653. The van der Waals surface area contributed by atoms with Gasteiger partial charge in [-0.25, -0.2) is 4.98 Å². The Bertz CT molecular complexity index is 690. The van der Waals surface area contributed by atoms with Gasteiger partial charge in [-0.2, -0.15) is 8.42 Å². The van der Waals surface area contributed by atoms with E-state index in [0.717, 1.165) is 11.1 Å². The molecule has 0 saturated carbocycles. The maximum Gasteiger partial charge on any atom is 0.278 e. The van der Waals surface area contributed by atoms with Gasteiger partial charge in [0.25, 0.3) is 10.0 Å². The first-order valence-electron chi connectivity index (χ1n) is 6.06. The first-order valence-corrected chi connectivity index (χ1v) is 7.54. The fourth-order valence-electron chi connectivity index (χ4n) is 1.67. The van der Waals surface area contributed by atoms with Crippen LogP contribution >= 0.6 is 0 Å². The zero-order chi connectivity index (χ0) is 14.0. The molecule has 2 N–H and O–H groups in total. The summed E-state index contributed by atoms with van der Waals surface area (Å²) >= 11 is 0. The van der Waals surface area contributed by atoms with Crippen LogP contribution < -0.4 is 4.72 Å². The van der Waals surface area contributed by atoms with E-state index in [1.54, 1.807) is 6.07 Å². The number of benzene rings is 1. The van der Waals surface area contributed by atoms with Crippen molar-refractivity contribution in [2.75, 3.05) is 4.72 Å².